The zero-order valence-corrected chi connectivity index (χ0v) is 11.2. The van der Waals surface area contributed by atoms with E-state index < -0.39 is 0 Å². The summed E-state index contributed by atoms with van der Waals surface area (Å²) in [6.45, 7) is 1.84. The Hall–Kier alpha value is -1.68. The summed E-state index contributed by atoms with van der Waals surface area (Å²) in [7, 11) is 0. The van der Waals surface area contributed by atoms with Gasteiger partial charge in [-0.15, -0.1) is 0 Å². The third-order valence-electron chi connectivity index (χ3n) is 2.46. The van der Waals surface area contributed by atoms with E-state index in [9.17, 15) is 9.18 Å². The van der Waals surface area contributed by atoms with Gasteiger partial charge < -0.3 is 4.74 Å². The normalized spacial score (nSPS) is 10.2. The topological polar surface area (TPSA) is 26.3 Å². The number of rotatable bonds is 3. The molecule has 0 aromatic heterocycles. The molecule has 0 aliphatic carbocycles. The summed E-state index contributed by atoms with van der Waals surface area (Å²) < 4.78 is 19.4. The molecule has 0 amide bonds. The molecule has 0 aliphatic rings. The number of aryl methyl sites for hydroxylation is 1. The molecule has 18 heavy (non-hydrogen) atoms. The standard InChI is InChI=1S/C14H10BrFO2/c1-9-2-4-11(16)7-14(9)18-13-5-3-10(8-17)6-12(13)15/h2-8H,1H3. The van der Waals surface area contributed by atoms with Gasteiger partial charge in [-0.3, -0.25) is 4.79 Å². The third-order valence-corrected chi connectivity index (χ3v) is 3.08. The average Bonchev–Trinajstić information content (AvgIpc) is 2.36. The Morgan fingerprint density at radius 3 is 2.61 bits per heavy atom. The van der Waals surface area contributed by atoms with Crippen LogP contribution in [0.15, 0.2) is 40.9 Å². The van der Waals surface area contributed by atoms with Gasteiger partial charge in [0.1, 0.15) is 23.6 Å². The molecule has 0 atom stereocenters. The van der Waals surface area contributed by atoms with Crippen molar-refractivity contribution in [3.8, 4) is 11.5 Å². The van der Waals surface area contributed by atoms with Crippen LogP contribution in [0, 0.1) is 12.7 Å². The van der Waals surface area contributed by atoms with E-state index in [2.05, 4.69) is 15.9 Å². The van der Waals surface area contributed by atoms with Gasteiger partial charge in [0, 0.05) is 11.6 Å². The van der Waals surface area contributed by atoms with Crippen molar-refractivity contribution >= 4 is 22.2 Å². The summed E-state index contributed by atoms with van der Waals surface area (Å²) in [6.07, 6.45) is 0.752. The van der Waals surface area contributed by atoms with Crippen molar-refractivity contribution in [1.82, 2.24) is 0 Å². The minimum Gasteiger partial charge on any atom is -0.456 e. The molecule has 4 heteroatoms. The maximum Gasteiger partial charge on any atom is 0.150 e. The number of benzene rings is 2. The monoisotopic (exact) mass is 308 g/mol. The molecule has 2 aromatic rings. The number of ether oxygens (including phenoxy) is 1. The van der Waals surface area contributed by atoms with Crippen LogP contribution in [0.5, 0.6) is 11.5 Å². The maximum absolute atomic E-state index is 13.1. The number of carbonyl (C=O) groups excluding carboxylic acids is 1. The van der Waals surface area contributed by atoms with Gasteiger partial charge in [0.25, 0.3) is 0 Å². The largest absolute Gasteiger partial charge is 0.456 e. The highest BCUT2D eigenvalue weighted by atomic mass is 79.9. The van der Waals surface area contributed by atoms with Gasteiger partial charge in [-0.2, -0.15) is 0 Å². The number of hydrogen-bond acceptors (Lipinski definition) is 2. The van der Waals surface area contributed by atoms with Gasteiger partial charge >= 0.3 is 0 Å². The summed E-state index contributed by atoms with van der Waals surface area (Å²) in [5, 5.41) is 0. The molecular weight excluding hydrogens is 299 g/mol. The van der Waals surface area contributed by atoms with Crippen LogP contribution < -0.4 is 4.74 Å². The van der Waals surface area contributed by atoms with Gasteiger partial charge in [0.05, 0.1) is 4.47 Å². The molecule has 2 rings (SSSR count). The number of halogens is 2. The molecule has 0 aliphatic heterocycles. The lowest BCUT2D eigenvalue weighted by molar-refractivity contribution is 0.112. The fourth-order valence-electron chi connectivity index (χ4n) is 1.48. The van der Waals surface area contributed by atoms with Crippen LogP contribution in [0.1, 0.15) is 15.9 Å². The first-order valence-electron chi connectivity index (χ1n) is 5.29. The summed E-state index contributed by atoms with van der Waals surface area (Å²) in [5.74, 6) is 0.639. The molecule has 2 nitrogen and oxygen atoms in total. The average molecular weight is 309 g/mol. The Balaban J connectivity index is 2.34. The van der Waals surface area contributed by atoms with Crippen molar-refractivity contribution in [3.63, 3.8) is 0 Å². The quantitative estimate of drug-likeness (QED) is 0.780. The van der Waals surface area contributed by atoms with Crippen molar-refractivity contribution in [2.45, 2.75) is 6.92 Å². The number of hydrogen-bond donors (Lipinski definition) is 0. The Kier molecular flexibility index (Phi) is 3.77. The predicted molar refractivity (Wildman–Crippen MR) is 70.7 cm³/mol. The lowest BCUT2D eigenvalue weighted by Crippen LogP contribution is -1.91. The fraction of sp³-hybridized carbons (Fsp3) is 0.0714. The first-order chi connectivity index (χ1) is 8.60. The molecule has 0 unspecified atom stereocenters. The highest BCUT2D eigenvalue weighted by molar-refractivity contribution is 9.10. The van der Waals surface area contributed by atoms with E-state index in [0.717, 1.165) is 11.8 Å². The van der Waals surface area contributed by atoms with Gasteiger partial charge in [-0.1, -0.05) is 6.07 Å². The van der Waals surface area contributed by atoms with E-state index in [0.29, 0.717) is 21.5 Å². The van der Waals surface area contributed by atoms with Crippen molar-refractivity contribution < 1.29 is 13.9 Å². The van der Waals surface area contributed by atoms with Crippen LogP contribution in [-0.2, 0) is 0 Å². The smallest absolute Gasteiger partial charge is 0.150 e. The SMILES string of the molecule is Cc1ccc(F)cc1Oc1ccc(C=O)cc1Br. The molecule has 2 aromatic carbocycles. The molecule has 0 bridgehead atoms. The van der Waals surface area contributed by atoms with Crippen molar-refractivity contribution in [2.24, 2.45) is 0 Å². The van der Waals surface area contributed by atoms with Crippen LogP contribution in [0.4, 0.5) is 4.39 Å². The Morgan fingerprint density at radius 1 is 1.17 bits per heavy atom. The summed E-state index contributed by atoms with van der Waals surface area (Å²) in [5.41, 5.74) is 1.38. The maximum atomic E-state index is 13.1. The van der Waals surface area contributed by atoms with E-state index in [1.165, 1.54) is 12.1 Å². The second-order valence-electron chi connectivity index (χ2n) is 3.82. The third kappa shape index (κ3) is 2.76. The Morgan fingerprint density at radius 2 is 1.94 bits per heavy atom. The van der Waals surface area contributed by atoms with E-state index in [1.807, 2.05) is 6.92 Å². The molecule has 0 N–H and O–H groups in total. The first-order valence-corrected chi connectivity index (χ1v) is 6.08. The number of aldehydes is 1. The molecule has 0 saturated carbocycles. The molecule has 0 fully saturated rings. The first kappa shape index (κ1) is 12.8. The van der Waals surface area contributed by atoms with Crippen LogP contribution in [0.25, 0.3) is 0 Å². The Bertz CT molecular complexity index is 596. The van der Waals surface area contributed by atoms with Crippen LogP contribution in [-0.4, -0.2) is 6.29 Å². The van der Waals surface area contributed by atoms with Crippen LogP contribution in [0.2, 0.25) is 0 Å². The molecular formula is C14H10BrFO2. The van der Waals surface area contributed by atoms with Crippen molar-refractivity contribution in [2.75, 3.05) is 0 Å². The minimum atomic E-state index is -0.351. The van der Waals surface area contributed by atoms with Crippen molar-refractivity contribution in [3.05, 3.63) is 57.8 Å². The zero-order chi connectivity index (χ0) is 13.1. The highest BCUT2D eigenvalue weighted by Gasteiger charge is 2.07. The van der Waals surface area contributed by atoms with E-state index in [-0.39, 0.29) is 5.82 Å². The van der Waals surface area contributed by atoms with E-state index in [1.54, 1.807) is 24.3 Å². The lowest BCUT2D eigenvalue weighted by atomic mass is 10.2. The second kappa shape index (κ2) is 5.31. The van der Waals surface area contributed by atoms with Crippen LogP contribution in [0.3, 0.4) is 0 Å². The summed E-state index contributed by atoms with van der Waals surface area (Å²) in [6, 6.07) is 9.32. The number of carbonyl (C=O) groups is 1. The Labute approximate surface area is 113 Å². The minimum absolute atomic E-state index is 0.351. The molecule has 0 heterocycles. The van der Waals surface area contributed by atoms with E-state index >= 15 is 0 Å². The van der Waals surface area contributed by atoms with Crippen molar-refractivity contribution in [1.29, 1.82) is 0 Å². The summed E-state index contributed by atoms with van der Waals surface area (Å²) >= 11 is 3.31. The van der Waals surface area contributed by atoms with Gasteiger partial charge in [-0.25, -0.2) is 4.39 Å². The molecule has 92 valence electrons. The van der Waals surface area contributed by atoms with E-state index in [4.69, 9.17) is 4.74 Å². The fourth-order valence-corrected chi connectivity index (χ4v) is 1.95. The van der Waals surface area contributed by atoms with Crippen LogP contribution >= 0.6 is 15.9 Å². The summed E-state index contributed by atoms with van der Waals surface area (Å²) in [4.78, 5) is 10.6. The molecule has 0 saturated heterocycles. The molecule has 0 spiro atoms. The highest BCUT2D eigenvalue weighted by Crippen LogP contribution is 2.32. The zero-order valence-electron chi connectivity index (χ0n) is 9.61. The second-order valence-corrected chi connectivity index (χ2v) is 4.67. The van der Waals surface area contributed by atoms with Gasteiger partial charge in [0.15, 0.2) is 0 Å². The predicted octanol–water partition coefficient (Wildman–Crippen LogP) is 4.50. The van der Waals surface area contributed by atoms with Gasteiger partial charge in [0.2, 0.25) is 0 Å². The molecule has 0 radical (unpaired) electrons. The van der Waals surface area contributed by atoms with Gasteiger partial charge in [-0.05, 0) is 52.7 Å². The lowest BCUT2D eigenvalue weighted by Gasteiger charge is -2.10.